The second-order valence-electron chi connectivity index (χ2n) is 8.32. The van der Waals surface area contributed by atoms with E-state index in [4.69, 9.17) is 9.47 Å². The van der Waals surface area contributed by atoms with E-state index in [-0.39, 0.29) is 24.6 Å². The number of fused-ring (bicyclic) bond motifs is 1. The fraction of sp³-hybridized carbons (Fsp3) is 0.308. The van der Waals surface area contributed by atoms with Crippen molar-refractivity contribution in [2.75, 3.05) is 13.8 Å². The molecule has 2 heterocycles. The van der Waals surface area contributed by atoms with Gasteiger partial charge in [-0.05, 0) is 51.1 Å². The van der Waals surface area contributed by atoms with Gasteiger partial charge in [-0.3, -0.25) is 14.5 Å². The van der Waals surface area contributed by atoms with Gasteiger partial charge < -0.3 is 19.7 Å². The van der Waals surface area contributed by atoms with Crippen LogP contribution in [0, 0.1) is 0 Å². The van der Waals surface area contributed by atoms with Crippen molar-refractivity contribution in [2.24, 2.45) is 0 Å². The molecule has 2 unspecified atom stereocenters. The summed E-state index contributed by atoms with van der Waals surface area (Å²) in [5.41, 5.74) is 2.40. The Morgan fingerprint density at radius 2 is 1.85 bits per heavy atom. The second kappa shape index (κ2) is 9.92. The molecule has 2 aromatic rings. The quantitative estimate of drug-likeness (QED) is 0.492. The van der Waals surface area contributed by atoms with Gasteiger partial charge in [0, 0.05) is 30.1 Å². The SMILES string of the molecule is CC(NC(=O)C1=CN(Cc2ccccc2)C=CC1)N(C)C(C)C(=O)c1ccc2c(c1)OCO2. The lowest BCUT2D eigenvalue weighted by Crippen LogP contribution is -2.50. The van der Waals surface area contributed by atoms with Crippen LogP contribution in [0.5, 0.6) is 11.5 Å². The van der Waals surface area contributed by atoms with Crippen molar-refractivity contribution in [3.8, 4) is 11.5 Å². The predicted octanol–water partition coefficient (Wildman–Crippen LogP) is 3.68. The number of benzene rings is 2. The molecule has 2 aliphatic rings. The van der Waals surface area contributed by atoms with Gasteiger partial charge >= 0.3 is 0 Å². The summed E-state index contributed by atoms with van der Waals surface area (Å²) in [6, 6.07) is 14.9. The van der Waals surface area contributed by atoms with Gasteiger partial charge in [-0.2, -0.15) is 0 Å². The molecule has 7 nitrogen and oxygen atoms in total. The third kappa shape index (κ3) is 5.26. The summed E-state index contributed by atoms with van der Waals surface area (Å²) in [6.07, 6.45) is 6.10. The first-order valence-electron chi connectivity index (χ1n) is 11.1. The van der Waals surface area contributed by atoms with E-state index in [1.165, 1.54) is 5.56 Å². The summed E-state index contributed by atoms with van der Waals surface area (Å²) in [4.78, 5) is 29.8. The minimum Gasteiger partial charge on any atom is -0.454 e. The van der Waals surface area contributed by atoms with Gasteiger partial charge in [0.2, 0.25) is 12.7 Å². The minimum absolute atomic E-state index is 0.0502. The van der Waals surface area contributed by atoms with E-state index in [2.05, 4.69) is 17.4 Å². The van der Waals surface area contributed by atoms with Crippen LogP contribution in [0.15, 0.2) is 72.6 Å². The molecule has 1 N–H and O–H groups in total. The Labute approximate surface area is 194 Å². The Kier molecular flexibility index (Phi) is 6.79. The Bertz CT molecular complexity index is 1080. The summed E-state index contributed by atoms with van der Waals surface area (Å²) < 4.78 is 10.7. The number of rotatable bonds is 8. The highest BCUT2D eigenvalue weighted by atomic mass is 16.7. The molecule has 0 fully saturated rings. The lowest BCUT2D eigenvalue weighted by atomic mass is 10.0. The topological polar surface area (TPSA) is 71.1 Å². The number of allylic oxidation sites excluding steroid dienone is 1. The molecule has 0 aliphatic carbocycles. The highest BCUT2D eigenvalue weighted by Gasteiger charge is 2.26. The number of likely N-dealkylation sites (N-methyl/N-ethyl adjacent to an activating group) is 1. The molecule has 2 aliphatic heterocycles. The summed E-state index contributed by atoms with van der Waals surface area (Å²) in [5.74, 6) is 1.03. The largest absolute Gasteiger partial charge is 0.454 e. The lowest BCUT2D eigenvalue weighted by molar-refractivity contribution is -0.119. The fourth-order valence-electron chi connectivity index (χ4n) is 3.85. The minimum atomic E-state index is -0.435. The molecule has 0 radical (unpaired) electrons. The van der Waals surface area contributed by atoms with Crippen molar-refractivity contribution in [3.63, 3.8) is 0 Å². The number of nitrogens with zero attached hydrogens (tertiary/aromatic N) is 2. The summed E-state index contributed by atoms with van der Waals surface area (Å²) in [7, 11) is 1.83. The maximum atomic E-state index is 13.0. The zero-order chi connectivity index (χ0) is 23.4. The Morgan fingerprint density at radius 1 is 1.09 bits per heavy atom. The fourth-order valence-corrected chi connectivity index (χ4v) is 3.85. The standard InChI is InChI=1S/C26H29N3O4/c1-18(25(30)21-11-12-23-24(14-21)33-17-32-23)28(3)19(2)27-26(31)22-10-7-13-29(16-22)15-20-8-5-4-6-9-20/h4-9,11-14,16,18-19H,10,15,17H2,1-3H3,(H,27,31). The lowest BCUT2D eigenvalue weighted by Gasteiger charge is -2.31. The maximum absolute atomic E-state index is 13.0. The van der Waals surface area contributed by atoms with Crippen LogP contribution in [0.25, 0.3) is 0 Å². The van der Waals surface area contributed by atoms with Crippen molar-refractivity contribution in [1.29, 1.82) is 0 Å². The molecule has 0 bridgehead atoms. The normalized spacial score (nSPS) is 16.4. The van der Waals surface area contributed by atoms with Gasteiger partial charge in [0.1, 0.15) is 0 Å². The number of hydrogen-bond donors (Lipinski definition) is 1. The predicted molar refractivity (Wildman–Crippen MR) is 126 cm³/mol. The van der Waals surface area contributed by atoms with Crippen LogP contribution in [0.3, 0.4) is 0 Å². The van der Waals surface area contributed by atoms with Gasteiger partial charge in [0.15, 0.2) is 17.3 Å². The molecule has 0 aromatic heterocycles. The van der Waals surface area contributed by atoms with Gasteiger partial charge in [0.05, 0.1) is 12.2 Å². The van der Waals surface area contributed by atoms with E-state index in [0.717, 1.165) is 0 Å². The van der Waals surface area contributed by atoms with Gasteiger partial charge in [0.25, 0.3) is 0 Å². The molecule has 2 aromatic carbocycles. The third-order valence-corrected chi connectivity index (χ3v) is 6.05. The van der Waals surface area contributed by atoms with Gasteiger partial charge in [-0.25, -0.2) is 0 Å². The zero-order valence-electron chi connectivity index (χ0n) is 19.2. The first kappa shape index (κ1) is 22.6. The molecule has 172 valence electrons. The molecule has 0 saturated carbocycles. The average Bonchev–Trinajstić information content (AvgIpc) is 3.31. The summed E-state index contributed by atoms with van der Waals surface area (Å²) in [6.45, 7) is 4.58. The Hall–Kier alpha value is -3.58. The van der Waals surface area contributed by atoms with Crippen molar-refractivity contribution < 1.29 is 19.1 Å². The van der Waals surface area contributed by atoms with E-state index in [9.17, 15) is 9.59 Å². The highest BCUT2D eigenvalue weighted by molar-refractivity contribution is 6.00. The number of hydrogen-bond acceptors (Lipinski definition) is 6. The zero-order valence-corrected chi connectivity index (χ0v) is 19.2. The van der Waals surface area contributed by atoms with Crippen LogP contribution in [-0.2, 0) is 11.3 Å². The average molecular weight is 448 g/mol. The Balaban J connectivity index is 1.36. The molecule has 2 atom stereocenters. The monoisotopic (exact) mass is 447 g/mol. The molecular weight excluding hydrogens is 418 g/mol. The summed E-state index contributed by atoms with van der Waals surface area (Å²) >= 11 is 0. The van der Waals surface area contributed by atoms with E-state index >= 15 is 0 Å². The number of carbonyl (C=O) groups excluding carboxylic acids is 2. The third-order valence-electron chi connectivity index (χ3n) is 6.05. The molecule has 1 amide bonds. The van der Waals surface area contributed by atoms with Crippen LogP contribution in [-0.4, -0.2) is 47.5 Å². The number of amides is 1. The number of Topliss-reactive ketones (excluding diaryl/α,β-unsaturated/α-hetero) is 1. The van der Waals surface area contributed by atoms with Crippen molar-refractivity contribution in [2.45, 2.75) is 39.0 Å². The van der Waals surface area contributed by atoms with Crippen LogP contribution in [0.4, 0.5) is 0 Å². The van der Waals surface area contributed by atoms with E-state index in [1.807, 2.05) is 67.4 Å². The van der Waals surface area contributed by atoms with Crippen LogP contribution in [0.2, 0.25) is 0 Å². The molecule has 4 rings (SSSR count). The van der Waals surface area contributed by atoms with Crippen molar-refractivity contribution in [1.82, 2.24) is 15.1 Å². The number of nitrogens with one attached hydrogen (secondary N) is 1. The molecule has 0 spiro atoms. The summed E-state index contributed by atoms with van der Waals surface area (Å²) in [5, 5.41) is 3.02. The number of ketones is 1. The van der Waals surface area contributed by atoms with Crippen LogP contribution >= 0.6 is 0 Å². The second-order valence-corrected chi connectivity index (χ2v) is 8.32. The van der Waals surface area contributed by atoms with E-state index < -0.39 is 6.04 Å². The van der Waals surface area contributed by atoms with E-state index in [0.29, 0.717) is 35.6 Å². The van der Waals surface area contributed by atoms with Crippen LogP contribution in [0.1, 0.15) is 36.2 Å². The smallest absolute Gasteiger partial charge is 0.250 e. The van der Waals surface area contributed by atoms with E-state index in [1.54, 1.807) is 18.2 Å². The van der Waals surface area contributed by atoms with Gasteiger partial charge in [-0.15, -0.1) is 0 Å². The first-order chi connectivity index (χ1) is 15.9. The molecule has 7 heteroatoms. The van der Waals surface area contributed by atoms with Crippen LogP contribution < -0.4 is 14.8 Å². The molecular formula is C26H29N3O4. The Morgan fingerprint density at radius 3 is 2.64 bits per heavy atom. The molecule has 0 saturated heterocycles. The number of ether oxygens (including phenoxy) is 2. The maximum Gasteiger partial charge on any atom is 0.250 e. The molecule has 33 heavy (non-hydrogen) atoms. The van der Waals surface area contributed by atoms with Crippen molar-refractivity contribution >= 4 is 11.7 Å². The number of carbonyl (C=O) groups is 2. The first-order valence-corrected chi connectivity index (χ1v) is 11.1. The van der Waals surface area contributed by atoms with Crippen molar-refractivity contribution in [3.05, 3.63) is 83.7 Å². The van der Waals surface area contributed by atoms with Gasteiger partial charge in [-0.1, -0.05) is 36.4 Å². The highest BCUT2D eigenvalue weighted by Crippen LogP contribution is 2.33.